The molecule has 0 aliphatic carbocycles. The molecule has 0 amide bonds. The molecule has 114 valence electrons. The van der Waals surface area contributed by atoms with Gasteiger partial charge in [0.15, 0.2) is 5.78 Å². The predicted molar refractivity (Wildman–Crippen MR) is 84.1 cm³/mol. The van der Waals surface area contributed by atoms with Crippen LogP contribution in [-0.2, 0) is 0 Å². The highest BCUT2D eigenvalue weighted by Gasteiger charge is 2.26. The zero-order valence-corrected chi connectivity index (χ0v) is 13.2. The summed E-state index contributed by atoms with van der Waals surface area (Å²) in [6.07, 6.45) is -0.113. The standard InChI is InChI=1S/C17H14BrFO3/c18-13-7-8-22-15-6-5-10(9-12(15)17(13)21)16(20)11-3-1-2-4-14(11)19/h1-6,9,13,17,21H,7-8H2/t13-,17-/m1/s1. The van der Waals surface area contributed by atoms with Gasteiger partial charge in [0.1, 0.15) is 11.6 Å². The molecule has 22 heavy (non-hydrogen) atoms. The van der Waals surface area contributed by atoms with E-state index in [1.807, 2.05) is 0 Å². The molecule has 0 saturated heterocycles. The number of hydrogen-bond donors (Lipinski definition) is 1. The molecule has 0 bridgehead atoms. The van der Waals surface area contributed by atoms with E-state index >= 15 is 0 Å². The molecule has 3 nitrogen and oxygen atoms in total. The first-order valence-electron chi connectivity index (χ1n) is 6.96. The Hall–Kier alpha value is -1.72. The Morgan fingerprint density at radius 1 is 1.27 bits per heavy atom. The highest BCUT2D eigenvalue weighted by Crippen LogP contribution is 2.35. The molecule has 2 atom stereocenters. The Labute approximate surface area is 135 Å². The van der Waals surface area contributed by atoms with E-state index in [2.05, 4.69) is 15.9 Å². The number of alkyl halides is 1. The molecule has 0 fully saturated rings. The second-order valence-electron chi connectivity index (χ2n) is 5.16. The van der Waals surface area contributed by atoms with Gasteiger partial charge in [-0.15, -0.1) is 0 Å². The summed E-state index contributed by atoms with van der Waals surface area (Å²) in [6, 6.07) is 10.7. The summed E-state index contributed by atoms with van der Waals surface area (Å²) in [4.78, 5) is 12.3. The quantitative estimate of drug-likeness (QED) is 0.653. The van der Waals surface area contributed by atoms with E-state index in [4.69, 9.17) is 4.74 Å². The van der Waals surface area contributed by atoms with Crippen LogP contribution < -0.4 is 4.74 Å². The fourth-order valence-electron chi connectivity index (χ4n) is 2.49. The Balaban J connectivity index is 2.02. The smallest absolute Gasteiger partial charge is 0.195 e. The number of carbonyl (C=O) groups excluding carboxylic acids is 1. The van der Waals surface area contributed by atoms with Crippen molar-refractivity contribution in [1.82, 2.24) is 0 Å². The third-order valence-electron chi connectivity index (χ3n) is 3.70. The largest absolute Gasteiger partial charge is 0.493 e. The monoisotopic (exact) mass is 364 g/mol. The number of benzene rings is 2. The van der Waals surface area contributed by atoms with Crippen LogP contribution in [0.1, 0.15) is 34.0 Å². The second-order valence-corrected chi connectivity index (χ2v) is 6.34. The molecular formula is C17H14BrFO3. The van der Waals surface area contributed by atoms with E-state index in [9.17, 15) is 14.3 Å². The van der Waals surface area contributed by atoms with E-state index in [1.54, 1.807) is 24.3 Å². The molecule has 1 aliphatic heterocycles. The van der Waals surface area contributed by atoms with Crippen molar-refractivity contribution in [2.24, 2.45) is 0 Å². The molecular weight excluding hydrogens is 351 g/mol. The van der Waals surface area contributed by atoms with Gasteiger partial charge >= 0.3 is 0 Å². The number of aliphatic hydroxyl groups is 1. The van der Waals surface area contributed by atoms with Gasteiger partial charge in [-0.05, 0) is 36.8 Å². The van der Waals surface area contributed by atoms with Crippen molar-refractivity contribution >= 4 is 21.7 Å². The number of rotatable bonds is 2. The van der Waals surface area contributed by atoms with Crippen molar-refractivity contribution in [3.05, 3.63) is 65.0 Å². The second kappa shape index (κ2) is 6.18. The van der Waals surface area contributed by atoms with Crippen molar-refractivity contribution in [1.29, 1.82) is 0 Å². The Morgan fingerprint density at radius 3 is 2.82 bits per heavy atom. The van der Waals surface area contributed by atoms with Crippen molar-refractivity contribution in [3.8, 4) is 5.75 Å². The lowest BCUT2D eigenvalue weighted by Crippen LogP contribution is -2.12. The van der Waals surface area contributed by atoms with Crippen molar-refractivity contribution in [2.45, 2.75) is 17.4 Å². The molecule has 3 rings (SSSR count). The summed E-state index contributed by atoms with van der Waals surface area (Å²) in [5, 5.41) is 10.3. The number of ether oxygens (including phenoxy) is 1. The van der Waals surface area contributed by atoms with Gasteiger partial charge in [0.05, 0.1) is 18.3 Å². The van der Waals surface area contributed by atoms with E-state index in [0.717, 1.165) is 0 Å². The van der Waals surface area contributed by atoms with Gasteiger partial charge in [-0.3, -0.25) is 4.79 Å². The van der Waals surface area contributed by atoms with Crippen LogP contribution in [0.15, 0.2) is 42.5 Å². The first-order chi connectivity index (χ1) is 10.6. The number of carbonyl (C=O) groups is 1. The third kappa shape index (κ3) is 2.78. The molecule has 2 aromatic carbocycles. The maximum absolute atomic E-state index is 13.8. The fraction of sp³-hybridized carbons (Fsp3) is 0.235. The topological polar surface area (TPSA) is 46.5 Å². The molecule has 0 spiro atoms. The average Bonchev–Trinajstić information content (AvgIpc) is 2.67. The van der Waals surface area contributed by atoms with Gasteiger partial charge in [-0.25, -0.2) is 4.39 Å². The van der Waals surface area contributed by atoms with E-state index < -0.39 is 17.7 Å². The van der Waals surface area contributed by atoms with Crippen LogP contribution in [0.2, 0.25) is 0 Å². The minimum Gasteiger partial charge on any atom is -0.493 e. The summed E-state index contributed by atoms with van der Waals surface area (Å²) in [5.41, 5.74) is 0.886. The van der Waals surface area contributed by atoms with Crippen LogP contribution in [0.3, 0.4) is 0 Å². The molecule has 1 aliphatic rings. The lowest BCUT2D eigenvalue weighted by molar-refractivity contribution is 0.103. The van der Waals surface area contributed by atoms with Crippen LogP contribution in [-0.4, -0.2) is 22.3 Å². The zero-order valence-electron chi connectivity index (χ0n) is 11.6. The van der Waals surface area contributed by atoms with E-state index in [-0.39, 0.29) is 10.4 Å². The summed E-state index contributed by atoms with van der Waals surface area (Å²) < 4.78 is 19.3. The molecule has 0 saturated carbocycles. The minimum atomic E-state index is -0.772. The molecule has 1 heterocycles. The van der Waals surface area contributed by atoms with Gasteiger partial charge in [0.25, 0.3) is 0 Å². The Kier molecular flexibility index (Phi) is 4.27. The summed E-state index contributed by atoms with van der Waals surface area (Å²) in [5.74, 6) is -0.416. The predicted octanol–water partition coefficient (Wildman–Crippen LogP) is 3.64. The van der Waals surface area contributed by atoms with E-state index in [0.29, 0.717) is 29.9 Å². The number of hydrogen-bond acceptors (Lipinski definition) is 3. The molecule has 0 unspecified atom stereocenters. The van der Waals surface area contributed by atoms with Crippen molar-refractivity contribution in [2.75, 3.05) is 6.61 Å². The molecule has 0 aromatic heterocycles. The normalized spacial score (nSPS) is 20.7. The minimum absolute atomic E-state index is 0.0156. The van der Waals surface area contributed by atoms with Gasteiger partial charge in [-0.2, -0.15) is 0 Å². The summed E-state index contributed by atoms with van der Waals surface area (Å²) in [6.45, 7) is 0.487. The van der Waals surface area contributed by atoms with Gasteiger partial charge in [-0.1, -0.05) is 28.1 Å². The first kappa shape index (κ1) is 15.2. The average molecular weight is 365 g/mol. The number of ketones is 1. The Morgan fingerprint density at radius 2 is 2.05 bits per heavy atom. The van der Waals surface area contributed by atoms with Crippen molar-refractivity contribution < 1.29 is 19.0 Å². The molecule has 5 heteroatoms. The molecule has 2 aromatic rings. The number of fused-ring (bicyclic) bond motifs is 1. The van der Waals surface area contributed by atoms with Crippen LogP contribution >= 0.6 is 15.9 Å². The fourth-order valence-corrected chi connectivity index (χ4v) is 2.96. The molecule has 0 radical (unpaired) electrons. The van der Waals surface area contributed by atoms with E-state index in [1.165, 1.54) is 18.2 Å². The number of aliphatic hydroxyl groups excluding tert-OH is 1. The zero-order chi connectivity index (χ0) is 15.7. The van der Waals surface area contributed by atoms with Crippen LogP contribution in [0.4, 0.5) is 4.39 Å². The maximum atomic E-state index is 13.8. The highest BCUT2D eigenvalue weighted by molar-refractivity contribution is 9.09. The van der Waals surface area contributed by atoms with Gasteiger partial charge in [0.2, 0.25) is 0 Å². The van der Waals surface area contributed by atoms with Gasteiger partial charge < -0.3 is 9.84 Å². The SMILES string of the molecule is O=C(c1ccc2c(c1)[C@@H](O)[C@H](Br)CCO2)c1ccccc1F. The maximum Gasteiger partial charge on any atom is 0.195 e. The van der Waals surface area contributed by atoms with Crippen LogP contribution in [0.5, 0.6) is 5.75 Å². The van der Waals surface area contributed by atoms with Crippen LogP contribution in [0, 0.1) is 5.82 Å². The summed E-state index contributed by atoms with van der Waals surface area (Å²) >= 11 is 3.42. The third-order valence-corrected chi connectivity index (χ3v) is 4.66. The lowest BCUT2D eigenvalue weighted by atomic mass is 9.97. The Bertz CT molecular complexity index is 717. The highest BCUT2D eigenvalue weighted by atomic mass is 79.9. The van der Waals surface area contributed by atoms with Crippen molar-refractivity contribution in [3.63, 3.8) is 0 Å². The number of halogens is 2. The molecule has 1 N–H and O–H groups in total. The summed E-state index contributed by atoms with van der Waals surface area (Å²) in [7, 11) is 0. The lowest BCUT2D eigenvalue weighted by Gasteiger charge is -2.15. The van der Waals surface area contributed by atoms with Crippen LogP contribution in [0.25, 0.3) is 0 Å². The first-order valence-corrected chi connectivity index (χ1v) is 7.87. The van der Waals surface area contributed by atoms with Gasteiger partial charge in [0, 0.05) is 16.0 Å².